The zero-order valence-corrected chi connectivity index (χ0v) is 24.9. The lowest BCUT2D eigenvalue weighted by Crippen LogP contribution is -2.55. The van der Waals surface area contributed by atoms with Crippen LogP contribution in [-0.4, -0.2) is 43.3 Å². The average molecular weight is 588 g/mol. The number of nitrogens with one attached hydrogen (secondary N) is 1. The lowest BCUT2D eigenvalue weighted by Gasteiger charge is -2.34. The molecular formula is C30H35ClFN3O4S. The van der Waals surface area contributed by atoms with Crippen LogP contribution in [0, 0.1) is 12.7 Å². The van der Waals surface area contributed by atoms with Gasteiger partial charge in [0.1, 0.15) is 18.4 Å². The second-order valence-electron chi connectivity index (χ2n) is 10.6. The van der Waals surface area contributed by atoms with Crippen LogP contribution in [0.5, 0.6) is 0 Å². The first-order valence-corrected chi connectivity index (χ1v) is 14.7. The summed E-state index contributed by atoms with van der Waals surface area (Å²) in [6, 6.07) is 17.1. The number of amides is 2. The molecule has 0 aromatic heterocycles. The fourth-order valence-electron chi connectivity index (χ4n) is 4.13. The highest BCUT2D eigenvalue weighted by Gasteiger charge is 2.34. The SMILES string of the molecule is CCC(C(=O)NC(C)(C)C)N(Cc1ccc(Cl)cc1)C(=O)CN(c1ccc(C)cc1)S(=O)(=O)c1ccc(F)cc1. The summed E-state index contributed by atoms with van der Waals surface area (Å²) >= 11 is 6.05. The Morgan fingerprint density at radius 1 is 0.950 bits per heavy atom. The summed E-state index contributed by atoms with van der Waals surface area (Å²) in [7, 11) is -4.27. The number of rotatable bonds is 10. The van der Waals surface area contributed by atoms with E-state index in [-0.39, 0.29) is 23.0 Å². The summed E-state index contributed by atoms with van der Waals surface area (Å²) in [4.78, 5) is 28.6. The summed E-state index contributed by atoms with van der Waals surface area (Å²) in [6.07, 6.45) is 0.302. The first-order valence-electron chi connectivity index (χ1n) is 12.9. The normalized spacial score (nSPS) is 12.5. The van der Waals surface area contributed by atoms with Gasteiger partial charge in [-0.3, -0.25) is 13.9 Å². The third kappa shape index (κ3) is 8.05. The van der Waals surface area contributed by atoms with Crippen molar-refractivity contribution in [3.63, 3.8) is 0 Å². The summed E-state index contributed by atoms with van der Waals surface area (Å²) in [5.74, 6) is -1.50. The van der Waals surface area contributed by atoms with Crippen LogP contribution in [0.4, 0.5) is 10.1 Å². The standard InChI is InChI=1S/C30H35ClFN3O4S/c1-6-27(29(37)33-30(3,4)5)34(19-22-9-11-23(31)12-10-22)28(36)20-35(25-15-7-21(2)8-16-25)40(38,39)26-17-13-24(32)14-18-26/h7-18,27H,6,19-20H2,1-5H3,(H,33,37). The lowest BCUT2D eigenvalue weighted by molar-refractivity contribution is -0.141. The van der Waals surface area contributed by atoms with Gasteiger partial charge in [0.25, 0.3) is 10.0 Å². The molecule has 0 aliphatic carbocycles. The number of hydrogen-bond acceptors (Lipinski definition) is 4. The van der Waals surface area contributed by atoms with Crippen LogP contribution in [0.1, 0.15) is 45.2 Å². The number of carbonyl (C=O) groups is 2. The van der Waals surface area contributed by atoms with Crippen LogP contribution in [0.3, 0.4) is 0 Å². The van der Waals surface area contributed by atoms with E-state index in [0.29, 0.717) is 11.4 Å². The van der Waals surface area contributed by atoms with Crippen LogP contribution in [0.15, 0.2) is 77.7 Å². The molecule has 2 amide bonds. The van der Waals surface area contributed by atoms with Gasteiger partial charge < -0.3 is 10.2 Å². The Kier molecular flexibility index (Phi) is 9.97. The fraction of sp³-hybridized carbons (Fsp3) is 0.333. The van der Waals surface area contributed by atoms with E-state index < -0.39 is 39.9 Å². The molecule has 1 N–H and O–H groups in total. The molecule has 0 radical (unpaired) electrons. The molecule has 214 valence electrons. The van der Waals surface area contributed by atoms with Crippen LogP contribution in [-0.2, 0) is 26.2 Å². The molecule has 0 bridgehead atoms. The van der Waals surface area contributed by atoms with Crippen molar-refractivity contribution in [2.45, 2.75) is 64.1 Å². The first-order chi connectivity index (χ1) is 18.7. The maximum atomic E-state index is 14.0. The summed E-state index contributed by atoms with van der Waals surface area (Å²) < 4.78 is 42.2. The molecular weight excluding hydrogens is 553 g/mol. The van der Waals surface area contributed by atoms with Gasteiger partial charge in [0.05, 0.1) is 10.6 Å². The number of hydrogen-bond donors (Lipinski definition) is 1. The topological polar surface area (TPSA) is 86.8 Å². The van der Waals surface area contributed by atoms with Crippen molar-refractivity contribution >= 4 is 39.1 Å². The maximum Gasteiger partial charge on any atom is 0.264 e. The molecule has 40 heavy (non-hydrogen) atoms. The molecule has 7 nitrogen and oxygen atoms in total. The van der Waals surface area contributed by atoms with Crippen molar-refractivity contribution in [3.05, 3.63) is 94.8 Å². The van der Waals surface area contributed by atoms with E-state index in [0.717, 1.165) is 39.7 Å². The van der Waals surface area contributed by atoms with Crippen molar-refractivity contribution in [1.29, 1.82) is 0 Å². The van der Waals surface area contributed by atoms with E-state index in [1.807, 2.05) is 27.7 Å². The molecule has 3 aromatic rings. The summed E-state index contributed by atoms with van der Waals surface area (Å²) in [6.45, 7) is 8.68. The van der Waals surface area contributed by atoms with Gasteiger partial charge in [-0.2, -0.15) is 0 Å². The largest absolute Gasteiger partial charge is 0.350 e. The predicted octanol–water partition coefficient (Wildman–Crippen LogP) is 5.70. The van der Waals surface area contributed by atoms with Gasteiger partial charge in [0.15, 0.2) is 0 Å². The van der Waals surface area contributed by atoms with Crippen molar-refractivity contribution in [2.75, 3.05) is 10.8 Å². The lowest BCUT2D eigenvalue weighted by atomic mass is 10.1. The summed E-state index contributed by atoms with van der Waals surface area (Å²) in [5, 5.41) is 3.45. The van der Waals surface area contributed by atoms with Crippen LogP contribution < -0.4 is 9.62 Å². The quantitative estimate of drug-likeness (QED) is 0.329. The van der Waals surface area contributed by atoms with Crippen molar-refractivity contribution in [1.82, 2.24) is 10.2 Å². The van der Waals surface area contributed by atoms with E-state index in [1.165, 1.54) is 4.90 Å². The number of aryl methyl sites for hydroxylation is 1. The highest BCUT2D eigenvalue weighted by molar-refractivity contribution is 7.92. The minimum atomic E-state index is -4.27. The third-order valence-electron chi connectivity index (χ3n) is 6.15. The van der Waals surface area contributed by atoms with Crippen molar-refractivity contribution < 1.29 is 22.4 Å². The van der Waals surface area contributed by atoms with E-state index >= 15 is 0 Å². The van der Waals surface area contributed by atoms with Crippen molar-refractivity contribution in [2.24, 2.45) is 0 Å². The molecule has 0 fully saturated rings. The molecule has 0 aliphatic rings. The number of halogens is 2. The van der Waals surface area contributed by atoms with Gasteiger partial charge in [-0.15, -0.1) is 0 Å². The van der Waals surface area contributed by atoms with E-state index in [9.17, 15) is 22.4 Å². The third-order valence-corrected chi connectivity index (χ3v) is 8.19. The average Bonchev–Trinajstić information content (AvgIpc) is 2.88. The Morgan fingerprint density at radius 2 is 1.52 bits per heavy atom. The number of nitrogens with zero attached hydrogens (tertiary/aromatic N) is 2. The number of carbonyl (C=O) groups excluding carboxylic acids is 2. The molecule has 3 aromatic carbocycles. The van der Waals surface area contributed by atoms with E-state index in [1.54, 1.807) is 55.5 Å². The minimum absolute atomic E-state index is 0.0599. The van der Waals surface area contributed by atoms with Crippen molar-refractivity contribution in [3.8, 4) is 0 Å². The zero-order chi connectivity index (χ0) is 29.7. The molecule has 1 unspecified atom stereocenters. The Balaban J connectivity index is 2.06. The second-order valence-corrected chi connectivity index (χ2v) is 12.9. The number of benzene rings is 3. The zero-order valence-electron chi connectivity index (χ0n) is 23.3. The maximum absolute atomic E-state index is 14.0. The smallest absolute Gasteiger partial charge is 0.264 e. The highest BCUT2D eigenvalue weighted by Crippen LogP contribution is 2.26. The van der Waals surface area contributed by atoms with Gasteiger partial charge in [0.2, 0.25) is 11.8 Å². The van der Waals surface area contributed by atoms with Gasteiger partial charge in [-0.1, -0.05) is 48.4 Å². The van der Waals surface area contributed by atoms with Crippen LogP contribution in [0.2, 0.25) is 5.02 Å². The highest BCUT2D eigenvalue weighted by atomic mass is 35.5. The van der Waals surface area contributed by atoms with Gasteiger partial charge >= 0.3 is 0 Å². The minimum Gasteiger partial charge on any atom is -0.350 e. The predicted molar refractivity (Wildman–Crippen MR) is 156 cm³/mol. The monoisotopic (exact) mass is 587 g/mol. The van der Waals surface area contributed by atoms with Gasteiger partial charge in [0, 0.05) is 17.1 Å². The summed E-state index contributed by atoms with van der Waals surface area (Å²) in [5.41, 5.74) is 1.35. The number of anilines is 1. The molecule has 10 heteroatoms. The second kappa shape index (κ2) is 12.8. The molecule has 0 saturated carbocycles. The molecule has 3 rings (SSSR count). The molecule has 1 atom stereocenters. The Morgan fingerprint density at radius 3 is 2.05 bits per heavy atom. The molecule has 0 spiro atoms. The molecule has 0 aliphatic heterocycles. The molecule has 0 heterocycles. The van der Waals surface area contributed by atoms with Gasteiger partial charge in [-0.05, 0) is 88.2 Å². The van der Waals surface area contributed by atoms with E-state index in [4.69, 9.17) is 11.6 Å². The van der Waals surface area contributed by atoms with Gasteiger partial charge in [-0.25, -0.2) is 12.8 Å². The fourth-order valence-corrected chi connectivity index (χ4v) is 5.67. The Bertz CT molecular complexity index is 1420. The Hall–Kier alpha value is -3.43. The Labute approximate surface area is 241 Å². The number of sulfonamides is 1. The van der Waals surface area contributed by atoms with Crippen LogP contribution in [0.25, 0.3) is 0 Å². The molecule has 0 saturated heterocycles. The first kappa shape index (κ1) is 31.1. The van der Waals surface area contributed by atoms with E-state index in [2.05, 4.69) is 5.32 Å². The van der Waals surface area contributed by atoms with Crippen LogP contribution >= 0.6 is 11.6 Å².